The molecule has 2 aromatic carbocycles. The van der Waals surface area contributed by atoms with E-state index >= 15 is 0 Å². The Bertz CT molecular complexity index is 712. The summed E-state index contributed by atoms with van der Waals surface area (Å²) < 4.78 is 5.46. The second kappa shape index (κ2) is 6.65. The number of aryl methyl sites for hydroxylation is 1. The Hall–Kier alpha value is -2.62. The topological polar surface area (TPSA) is 46.6 Å². The van der Waals surface area contributed by atoms with Gasteiger partial charge in [0.05, 0.1) is 6.04 Å². The molecule has 1 unspecified atom stereocenters. The van der Waals surface area contributed by atoms with Crippen LogP contribution in [-0.2, 0) is 4.79 Å². The fourth-order valence-electron chi connectivity index (χ4n) is 2.93. The molecule has 0 aromatic heterocycles. The van der Waals surface area contributed by atoms with Crippen LogP contribution in [0.15, 0.2) is 54.6 Å². The van der Waals surface area contributed by atoms with E-state index in [2.05, 4.69) is 0 Å². The van der Waals surface area contributed by atoms with Crippen molar-refractivity contribution >= 4 is 11.9 Å². The second-order valence-corrected chi connectivity index (χ2v) is 5.74. The van der Waals surface area contributed by atoms with Gasteiger partial charge in [-0.15, -0.1) is 0 Å². The van der Waals surface area contributed by atoms with Gasteiger partial charge < -0.3 is 4.74 Å². The fraction of sp³-hybridized carbons (Fsp3) is 0.263. The van der Waals surface area contributed by atoms with Crippen LogP contribution < -0.4 is 4.74 Å². The predicted molar refractivity (Wildman–Crippen MR) is 87.3 cm³/mol. The lowest BCUT2D eigenvalue weighted by molar-refractivity contribution is -0.122. The number of para-hydroxylation sites is 1. The minimum absolute atomic E-state index is 0.182. The molecule has 0 bridgehead atoms. The summed E-state index contributed by atoms with van der Waals surface area (Å²) in [6, 6.07) is 16.6. The molecule has 0 aliphatic carbocycles. The molecular weight excluding hydrogens is 290 g/mol. The molecule has 4 nitrogen and oxygen atoms in total. The van der Waals surface area contributed by atoms with Gasteiger partial charge in [-0.25, -0.2) is 4.79 Å². The first-order chi connectivity index (χ1) is 11.1. The van der Waals surface area contributed by atoms with E-state index in [1.807, 2.05) is 49.4 Å². The van der Waals surface area contributed by atoms with Crippen molar-refractivity contribution in [2.75, 3.05) is 6.54 Å². The molecule has 0 N–H and O–H groups in total. The van der Waals surface area contributed by atoms with Crippen molar-refractivity contribution in [3.05, 3.63) is 65.7 Å². The Morgan fingerprint density at radius 3 is 2.52 bits per heavy atom. The molecule has 1 fully saturated rings. The number of nitrogens with zero attached hydrogens (tertiary/aromatic N) is 1. The maximum atomic E-state index is 12.6. The third-order valence-electron chi connectivity index (χ3n) is 4.16. The first-order valence-corrected chi connectivity index (χ1v) is 7.76. The number of amides is 1. The summed E-state index contributed by atoms with van der Waals surface area (Å²) in [5, 5.41) is 0. The number of benzene rings is 2. The summed E-state index contributed by atoms with van der Waals surface area (Å²) >= 11 is 0. The zero-order chi connectivity index (χ0) is 16.2. The van der Waals surface area contributed by atoms with Crippen molar-refractivity contribution in [3.63, 3.8) is 0 Å². The van der Waals surface area contributed by atoms with Crippen molar-refractivity contribution in [1.29, 1.82) is 0 Å². The van der Waals surface area contributed by atoms with Crippen molar-refractivity contribution in [2.45, 2.75) is 25.8 Å². The van der Waals surface area contributed by atoms with Gasteiger partial charge in [0.25, 0.3) is 0 Å². The monoisotopic (exact) mass is 309 g/mol. The van der Waals surface area contributed by atoms with Gasteiger partial charge in [-0.3, -0.25) is 9.69 Å². The van der Waals surface area contributed by atoms with Gasteiger partial charge in [-0.2, -0.15) is 0 Å². The first-order valence-electron chi connectivity index (χ1n) is 7.76. The summed E-state index contributed by atoms with van der Waals surface area (Å²) in [5.74, 6) is 0.694. The van der Waals surface area contributed by atoms with E-state index in [1.165, 1.54) is 0 Å². The zero-order valence-corrected chi connectivity index (χ0v) is 13.1. The van der Waals surface area contributed by atoms with E-state index in [0.717, 1.165) is 11.1 Å². The van der Waals surface area contributed by atoms with Crippen molar-refractivity contribution in [3.8, 4) is 5.75 Å². The Morgan fingerprint density at radius 2 is 1.78 bits per heavy atom. The van der Waals surface area contributed by atoms with Gasteiger partial charge in [0, 0.05) is 19.4 Å². The van der Waals surface area contributed by atoms with Gasteiger partial charge in [0.1, 0.15) is 11.5 Å². The predicted octanol–water partition coefficient (Wildman–Crippen LogP) is 3.90. The van der Waals surface area contributed by atoms with Gasteiger partial charge >= 0.3 is 6.09 Å². The molecule has 118 valence electrons. The first kappa shape index (κ1) is 15.3. The number of rotatable bonds is 2. The summed E-state index contributed by atoms with van der Waals surface area (Å²) in [6.07, 6.45) is 0.318. The number of ether oxygens (including phenoxy) is 1. The number of hydrogen-bond donors (Lipinski definition) is 0. The van der Waals surface area contributed by atoms with Crippen LogP contribution in [0.2, 0.25) is 0 Å². The normalized spacial score (nSPS) is 17.9. The SMILES string of the molecule is Cc1ccccc1C1CC(=O)CCN1C(=O)Oc1ccccc1. The molecule has 3 rings (SSSR count). The average Bonchev–Trinajstić information content (AvgIpc) is 2.56. The van der Waals surface area contributed by atoms with Gasteiger partial charge in [0.15, 0.2) is 0 Å². The fourth-order valence-corrected chi connectivity index (χ4v) is 2.93. The number of Topliss-reactive ketones (excluding diaryl/α,β-unsaturated/α-hetero) is 1. The van der Waals surface area contributed by atoms with Crippen LogP contribution >= 0.6 is 0 Å². The number of hydrogen-bond acceptors (Lipinski definition) is 3. The van der Waals surface area contributed by atoms with E-state index in [4.69, 9.17) is 4.74 Å². The Kier molecular flexibility index (Phi) is 4.42. The van der Waals surface area contributed by atoms with Crippen molar-refractivity contribution in [2.24, 2.45) is 0 Å². The maximum Gasteiger partial charge on any atom is 0.415 e. The Balaban J connectivity index is 1.85. The van der Waals surface area contributed by atoms with Crippen LogP contribution in [0.1, 0.15) is 30.0 Å². The molecule has 2 aromatic rings. The number of piperidine rings is 1. The molecule has 0 saturated carbocycles. The molecule has 1 saturated heterocycles. The van der Waals surface area contributed by atoms with E-state index in [9.17, 15) is 9.59 Å². The van der Waals surface area contributed by atoms with Crippen LogP contribution in [-0.4, -0.2) is 23.3 Å². The highest BCUT2D eigenvalue weighted by Crippen LogP contribution is 2.32. The molecule has 0 spiro atoms. The molecule has 0 radical (unpaired) electrons. The minimum Gasteiger partial charge on any atom is -0.410 e. The molecule has 1 heterocycles. The van der Waals surface area contributed by atoms with Gasteiger partial charge in [0.2, 0.25) is 0 Å². The minimum atomic E-state index is -0.406. The lowest BCUT2D eigenvalue weighted by Gasteiger charge is -2.35. The quantitative estimate of drug-likeness (QED) is 0.845. The largest absolute Gasteiger partial charge is 0.415 e. The summed E-state index contributed by atoms with van der Waals surface area (Å²) in [7, 11) is 0. The summed E-state index contributed by atoms with van der Waals surface area (Å²) in [5.41, 5.74) is 2.08. The zero-order valence-electron chi connectivity index (χ0n) is 13.1. The molecular formula is C19H19NO3. The third-order valence-corrected chi connectivity index (χ3v) is 4.16. The van der Waals surface area contributed by atoms with Crippen LogP contribution in [0.25, 0.3) is 0 Å². The molecule has 1 aliphatic heterocycles. The highest BCUT2D eigenvalue weighted by Gasteiger charge is 2.33. The average molecular weight is 309 g/mol. The van der Waals surface area contributed by atoms with Crippen LogP contribution in [0.3, 0.4) is 0 Å². The Morgan fingerprint density at radius 1 is 1.09 bits per heavy atom. The highest BCUT2D eigenvalue weighted by molar-refractivity contribution is 5.83. The van der Waals surface area contributed by atoms with Gasteiger partial charge in [-0.1, -0.05) is 42.5 Å². The third kappa shape index (κ3) is 3.42. The number of carbonyl (C=O) groups excluding carboxylic acids is 2. The lowest BCUT2D eigenvalue weighted by Crippen LogP contribution is -2.43. The van der Waals surface area contributed by atoms with Crippen LogP contribution in [0, 0.1) is 6.92 Å². The highest BCUT2D eigenvalue weighted by atomic mass is 16.6. The lowest BCUT2D eigenvalue weighted by atomic mass is 9.92. The molecule has 1 atom stereocenters. The number of ketones is 1. The van der Waals surface area contributed by atoms with E-state index in [0.29, 0.717) is 25.1 Å². The summed E-state index contributed by atoms with van der Waals surface area (Å²) in [4.78, 5) is 26.1. The number of likely N-dealkylation sites (tertiary alicyclic amines) is 1. The van der Waals surface area contributed by atoms with Crippen molar-refractivity contribution < 1.29 is 14.3 Å². The van der Waals surface area contributed by atoms with E-state index in [-0.39, 0.29) is 11.8 Å². The second-order valence-electron chi connectivity index (χ2n) is 5.74. The Labute approximate surface area is 135 Å². The molecule has 4 heteroatoms. The van der Waals surface area contributed by atoms with Crippen LogP contribution in [0.4, 0.5) is 4.79 Å². The number of carbonyl (C=O) groups is 2. The summed E-state index contributed by atoms with van der Waals surface area (Å²) in [6.45, 7) is 2.39. The molecule has 23 heavy (non-hydrogen) atoms. The van der Waals surface area contributed by atoms with Crippen molar-refractivity contribution in [1.82, 2.24) is 4.90 Å². The van der Waals surface area contributed by atoms with Crippen LogP contribution in [0.5, 0.6) is 5.75 Å². The van der Waals surface area contributed by atoms with E-state index < -0.39 is 6.09 Å². The van der Waals surface area contributed by atoms with E-state index in [1.54, 1.807) is 17.0 Å². The standard InChI is InChI=1S/C19H19NO3/c1-14-7-5-6-10-17(14)18-13-15(21)11-12-20(18)19(22)23-16-8-3-2-4-9-16/h2-10,18H,11-13H2,1H3. The molecule has 1 aliphatic rings. The van der Waals surface area contributed by atoms with Gasteiger partial charge in [-0.05, 0) is 30.2 Å². The molecule has 1 amide bonds. The maximum absolute atomic E-state index is 12.6. The smallest absolute Gasteiger partial charge is 0.410 e.